The number of piperidine rings is 1. The van der Waals surface area contributed by atoms with Crippen LogP contribution in [-0.2, 0) is 15.0 Å². The van der Waals surface area contributed by atoms with E-state index in [4.69, 9.17) is 16.3 Å². The maximum absolute atomic E-state index is 12.9. The Labute approximate surface area is 190 Å². The summed E-state index contributed by atoms with van der Waals surface area (Å²) in [5.41, 5.74) is 0.548. The molecule has 0 unspecified atom stereocenters. The average molecular weight is 473 g/mol. The molecule has 2 saturated heterocycles. The molecule has 2 aliphatic heterocycles. The normalized spacial score (nSPS) is 20.0. The molecule has 2 fully saturated rings. The SMILES string of the molecule is CCCOc1ccc(Cl)cc1NC(=O)CN1CCN(S(=O)(=O)N2CCC(C)CC2)CC1. The Bertz CT molecular complexity index is 851. The van der Waals surface area contributed by atoms with Crippen molar-refractivity contribution < 1.29 is 17.9 Å². The van der Waals surface area contributed by atoms with Crippen molar-refractivity contribution in [2.45, 2.75) is 33.1 Å². The summed E-state index contributed by atoms with van der Waals surface area (Å²) in [5, 5.41) is 3.39. The maximum Gasteiger partial charge on any atom is 0.282 e. The number of nitrogens with one attached hydrogen (secondary N) is 1. The van der Waals surface area contributed by atoms with E-state index in [2.05, 4.69) is 12.2 Å². The molecule has 10 heteroatoms. The third-order valence-electron chi connectivity index (χ3n) is 5.77. The molecule has 0 aliphatic carbocycles. The highest BCUT2D eigenvalue weighted by Crippen LogP contribution is 2.28. The Kier molecular flexibility index (Phi) is 8.58. The molecule has 0 atom stereocenters. The monoisotopic (exact) mass is 472 g/mol. The molecule has 31 heavy (non-hydrogen) atoms. The molecule has 1 amide bonds. The zero-order valence-electron chi connectivity index (χ0n) is 18.3. The molecule has 0 aromatic heterocycles. The Hall–Kier alpha value is -1.39. The van der Waals surface area contributed by atoms with Crippen molar-refractivity contribution in [3.63, 3.8) is 0 Å². The van der Waals surface area contributed by atoms with Gasteiger partial charge in [0.1, 0.15) is 5.75 Å². The maximum atomic E-state index is 12.9. The molecule has 1 N–H and O–H groups in total. The van der Waals surface area contributed by atoms with Crippen molar-refractivity contribution in [2.24, 2.45) is 5.92 Å². The highest BCUT2D eigenvalue weighted by atomic mass is 35.5. The molecule has 2 aliphatic rings. The van der Waals surface area contributed by atoms with Crippen molar-refractivity contribution in [3.05, 3.63) is 23.2 Å². The van der Waals surface area contributed by atoms with Gasteiger partial charge in [-0.3, -0.25) is 9.69 Å². The van der Waals surface area contributed by atoms with Crippen LogP contribution in [0.15, 0.2) is 18.2 Å². The van der Waals surface area contributed by atoms with Crippen molar-refractivity contribution in [1.82, 2.24) is 13.5 Å². The minimum absolute atomic E-state index is 0.176. The fourth-order valence-electron chi connectivity index (χ4n) is 3.83. The first-order valence-corrected chi connectivity index (χ1v) is 12.8. The molecule has 0 spiro atoms. The van der Waals surface area contributed by atoms with Gasteiger partial charge in [0.2, 0.25) is 5.91 Å². The lowest BCUT2D eigenvalue weighted by Crippen LogP contribution is -2.55. The van der Waals surface area contributed by atoms with Gasteiger partial charge in [-0.05, 0) is 43.4 Å². The van der Waals surface area contributed by atoms with Gasteiger partial charge in [-0.2, -0.15) is 17.0 Å². The summed E-state index contributed by atoms with van der Waals surface area (Å²) in [6.07, 6.45) is 2.68. The number of piperazine rings is 1. The first-order chi connectivity index (χ1) is 14.8. The minimum Gasteiger partial charge on any atom is -0.491 e. The van der Waals surface area contributed by atoms with Crippen LogP contribution < -0.4 is 10.1 Å². The second-order valence-corrected chi connectivity index (χ2v) is 10.7. The van der Waals surface area contributed by atoms with Crippen LogP contribution in [0, 0.1) is 5.92 Å². The lowest BCUT2D eigenvalue weighted by atomic mass is 10.0. The van der Waals surface area contributed by atoms with Crippen LogP contribution in [-0.4, -0.2) is 80.3 Å². The molecule has 1 aromatic carbocycles. The third-order valence-corrected chi connectivity index (χ3v) is 8.04. The van der Waals surface area contributed by atoms with Crippen LogP contribution >= 0.6 is 11.6 Å². The Morgan fingerprint density at radius 2 is 1.77 bits per heavy atom. The fraction of sp³-hybridized carbons (Fsp3) is 0.667. The van der Waals surface area contributed by atoms with E-state index in [0.717, 1.165) is 19.3 Å². The standard InChI is InChI=1S/C21H33ClN4O4S/c1-3-14-30-20-5-4-18(22)15-19(20)23-21(27)16-24-10-12-26(13-11-24)31(28,29)25-8-6-17(2)7-9-25/h4-5,15,17H,3,6-14,16H2,1-2H3,(H,23,27). The predicted molar refractivity (Wildman–Crippen MR) is 123 cm³/mol. The number of ether oxygens (including phenoxy) is 1. The summed E-state index contributed by atoms with van der Waals surface area (Å²) in [4.78, 5) is 14.6. The van der Waals surface area contributed by atoms with Gasteiger partial charge in [0, 0.05) is 44.3 Å². The molecule has 0 saturated carbocycles. The summed E-state index contributed by atoms with van der Waals surface area (Å²) in [6, 6.07) is 5.15. The van der Waals surface area contributed by atoms with Gasteiger partial charge in [0.15, 0.2) is 0 Å². The van der Waals surface area contributed by atoms with E-state index in [1.165, 1.54) is 0 Å². The quantitative estimate of drug-likeness (QED) is 0.629. The zero-order chi connectivity index (χ0) is 22.4. The molecule has 8 nitrogen and oxygen atoms in total. The number of carbonyl (C=O) groups excluding carboxylic acids is 1. The minimum atomic E-state index is -3.42. The smallest absolute Gasteiger partial charge is 0.282 e. The predicted octanol–water partition coefficient (Wildman–Crippen LogP) is 2.66. The van der Waals surface area contributed by atoms with E-state index in [0.29, 0.717) is 68.3 Å². The summed E-state index contributed by atoms with van der Waals surface area (Å²) < 4.78 is 34.6. The molecule has 174 valence electrons. The highest BCUT2D eigenvalue weighted by Gasteiger charge is 2.34. The number of anilines is 1. The van der Waals surface area contributed by atoms with Crippen LogP contribution in [0.25, 0.3) is 0 Å². The van der Waals surface area contributed by atoms with E-state index in [-0.39, 0.29) is 12.5 Å². The number of halogens is 1. The number of carbonyl (C=O) groups is 1. The summed E-state index contributed by atoms with van der Waals surface area (Å²) in [5.74, 6) is 0.991. The van der Waals surface area contributed by atoms with Crippen molar-refractivity contribution in [1.29, 1.82) is 0 Å². The fourth-order valence-corrected chi connectivity index (χ4v) is 5.62. The molecular weight excluding hydrogens is 440 g/mol. The first-order valence-electron chi connectivity index (χ1n) is 11.0. The number of amides is 1. The zero-order valence-corrected chi connectivity index (χ0v) is 19.9. The van der Waals surface area contributed by atoms with E-state index < -0.39 is 10.2 Å². The number of hydrogen-bond acceptors (Lipinski definition) is 5. The number of rotatable bonds is 8. The van der Waals surface area contributed by atoms with Crippen molar-refractivity contribution in [2.75, 3.05) is 57.7 Å². The van der Waals surface area contributed by atoms with Gasteiger partial charge in [-0.15, -0.1) is 0 Å². The van der Waals surface area contributed by atoms with Crippen molar-refractivity contribution in [3.8, 4) is 5.75 Å². The van der Waals surface area contributed by atoms with Gasteiger partial charge in [0.25, 0.3) is 10.2 Å². The van der Waals surface area contributed by atoms with Crippen LogP contribution in [0.1, 0.15) is 33.1 Å². The Balaban J connectivity index is 1.51. The number of benzene rings is 1. The highest BCUT2D eigenvalue weighted by molar-refractivity contribution is 7.86. The molecule has 2 heterocycles. The van der Waals surface area contributed by atoms with Crippen LogP contribution in [0.2, 0.25) is 5.02 Å². The van der Waals surface area contributed by atoms with Crippen LogP contribution in [0.4, 0.5) is 5.69 Å². The van der Waals surface area contributed by atoms with Crippen molar-refractivity contribution >= 4 is 33.4 Å². The van der Waals surface area contributed by atoms with Gasteiger partial charge in [-0.1, -0.05) is 25.4 Å². The third kappa shape index (κ3) is 6.55. The second kappa shape index (κ2) is 11.0. The average Bonchev–Trinajstić information content (AvgIpc) is 2.74. The van der Waals surface area contributed by atoms with E-state index in [1.807, 2.05) is 11.8 Å². The molecule has 3 rings (SSSR count). The lowest BCUT2D eigenvalue weighted by molar-refractivity contribution is -0.117. The molecule has 0 bridgehead atoms. The molecule has 1 aromatic rings. The van der Waals surface area contributed by atoms with E-state index in [9.17, 15) is 13.2 Å². The largest absolute Gasteiger partial charge is 0.491 e. The summed E-state index contributed by atoms with van der Waals surface area (Å²) in [6.45, 7) is 7.93. The van der Waals surface area contributed by atoms with Gasteiger partial charge in [0.05, 0.1) is 18.8 Å². The van der Waals surface area contributed by atoms with E-state index >= 15 is 0 Å². The number of nitrogens with zero attached hydrogens (tertiary/aromatic N) is 3. The van der Waals surface area contributed by atoms with Gasteiger partial charge < -0.3 is 10.1 Å². The Morgan fingerprint density at radius 1 is 1.13 bits per heavy atom. The first kappa shape index (κ1) is 24.3. The van der Waals surface area contributed by atoms with Gasteiger partial charge in [-0.25, -0.2) is 0 Å². The molecule has 0 radical (unpaired) electrons. The summed E-state index contributed by atoms with van der Waals surface area (Å²) >= 11 is 6.07. The topological polar surface area (TPSA) is 82.2 Å². The van der Waals surface area contributed by atoms with Crippen LogP contribution in [0.5, 0.6) is 5.75 Å². The number of hydrogen-bond donors (Lipinski definition) is 1. The second-order valence-electron chi connectivity index (χ2n) is 8.30. The summed E-state index contributed by atoms with van der Waals surface area (Å²) in [7, 11) is -3.42. The molecular formula is C21H33ClN4O4S. The lowest BCUT2D eigenvalue weighted by Gasteiger charge is -2.38. The van der Waals surface area contributed by atoms with Gasteiger partial charge >= 0.3 is 0 Å². The Morgan fingerprint density at radius 3 is 2.42 bits per heavy atom. The van der Waals surface area contributed by atoms with E-state index in [1.54, 1.807) is 26.8 Å². The van der Waals surface area contributed by atoms with Crippen LogP contribution in [0.3, 0.4) is 0 Å².